The SMILES string of the molecule is CCCNC(=O)CN1CCN(C(=O)/C=C/c2ccc(OCC)cc2)CC1. The zero-order valence-electron chi connectivity index (χ0n) is 15.7. The molecule has 0 aromatic heterocycles. The van der Waals surface area contributed by atoms with Gasteiger partial charge in [-0.1, -0.05) is 19.1 Å². The summed E-state index contributed by atoms with van der Waals surface area (Å²) in [5, 5.41) is 2.88. The highest BCUT2D eigenvalue weighted by Crippen LogP contribution is 2.13. The van der Waals surface area contributed by atoms with Crippen molar-refractivity contribution in [3.8, 4) is 5.75 Å². The zero-order chi connectivity index (χ0) is 18.8. The summed E-state index contributed by atoms with van der Waals surface area (Å²) in [6.07, 6.45) is 4.37. The molecule has 0 spiro atoms. The Labute approximate surface area is 155 Å². The number of amides is 2. The molecule has 2 rings (SSSR count). The number of benzene rings is 1. The van der Waals surface area contributed by atoms with Crippen LogP contribution in [0.4, 0.5) is 0 Å². The Morgan fingerprint density at radius 2 is 1.81 bits per heavy atom. The molecule has 1 saturated heterocycles. The highest BCUT2D eigenvalue weighted by molar-refractivity contribution is 5.91. The smallest absolute Gasteiger partial charge is 0.246 e. The van der Waals surface area contributed by atoms with Gasteiger partial charge in [-0.2, -0.15) is 0 Å². The number of carbonyl (C=O) groups is 2. The molecule has 2 amide bonds. The van der Waals surface area contributed by atoms with Crippen molar-refractivity contribution in [2.45, 2.75) is 20.3 Å². The Bertz CT molecular complexity index is 605. The van der Waals surface area contributed by atoms with Crippen molar-refractivity contribution < 1.29 is 14.3 Å². The summed E-state index contributed by atoms with van der Waals surface area (Å²) >= 11 is 0. The summed E-state index contributed by atoms with van der Waals surface area (Å²) in [4.78, 5) is 28.0. The Balaban J connectivity index is 1.76. The molecule has 1 N–H and O–H groups in total. The highest BCUT2D eigenvalue weighted by Gasteiger charge is 2.20. The van der Waals surface area contributed by atoms with E-state index in [9.17, 15) is 9.59 Å². The Morgan fingerprint density at radius 1 is 1.12 bits per heavy atom. The maximum Gasteiger partial charge on any atom is 0.246 e. The van der Waals surface area contributed by atoms with Gasteiger partial charge in [0, 0.05) is 38.8 Å². The van der Waals surface area contributed by atoms with E-state index in [1.54, 1.807) is 6.08 Å². The fourth-order valence-corrected chi connectivity index (χ4v) is 2.76. The number of ether oxygens (including phenoxy) is 1. The van der Waals surface area contributed by atoms with Crippen LogP contribution in [0, 0.1) is 0 Å². The first-order chi connectivity index (χ1) is 12.6. The van der Waals surface area contributed by atoms with Crippen LogP contribution in [0.25, 0.3) is 6.08 Å². The van der Waals surface area contributed by atoms with Gasteiger partial charge in [0.25, 0.3) is 0 Å². The number of nitrogens with one attached hydrogen (secondary N) is 1. The maximum atomic E-state index is 12.3. The molecule has 0 saturated carbocycles. The third-order valence-corrected chi connectivity index (χ3v) is 4.23. The third kappa shape index (κ3) is 6.52. The van der Waals surface area contributed by atoms with Gasteiger partial charge in [-0.15, -0.1) is 0 Å². The van der Waals surface area contributed by atoms with Gasteiger partial charge in [0.15, 0.2) is 0 Å². The number of hydrogen-bond acceptors (Lipinski definition) is 4. The topological polar surface area (TPSA) is 61.9 Å². The number of nitrogens with zero attached hydrogens (tertiary/aromatic N) is 2. The molecule has 0 unspecified atom stereocenters. The first-order valence-corrected chi connectivity index (χ1v) is 9.31. The Hall–Kier alpha value is -2.34. The van der Waals surface area contributed by atoms with Crippen molar-refractivity contribution in [3.05, 3.63) is 35.9 Å². The van der Waals surface area contributed by atoms with E-state index >= 15 is 0 Å². The number of hydrogen-bond donors (Lipinski definition) is 1. The van der Waals surface area contributed by atoms with Crippen LogP contribution in [0.2, 0.25) is 0 Å². The zero-order valence-corrected chi connectivity index (χ0v) is 15.7. The molecule has 26 heavy (non-hydrogen) atoms. The van der Waals surface area contributed by atoms with Crippen molar-refractivity contribution in [1.82, 2.24) is 15.1 Å². The average molecular weight is 359 g/mol. The quantitative estimate of drug-likeness (QED) is 0.719. The Morgan fingerprint density at radius 3 is 2.42 bits per heavy atom. The lowest BCUT2D eigenvalue weighted by atomic mass is 10.2. The van der Waals surface area contributed by atoms with Gasteiger partial charge >= 0.3 is 0 Å². The van der Waals surface area contributed by atoms with Crippen LogP contribution in [0.5, 0.6) is 5.75 Å². The fourth-order valence-electron chi connectivity index (χ4n) is 2.76. The van der Waals surface area contributed by atoms with Crippen molar-refractivity contribution in [2.75, 3.05) is 45.9 Å². The summed E-state index contributed by atoms with van der Waals surface area (Å²) in [6, 6.07) is 7.66. The predicted molar refractivity (Wildman–Crippen MR) is 103 cm³/mol. The molecular formula is C20H29N3O3. The van der Waals surface area contributed by atoms with Crippen molar-refractivity contribution in [1.29, 1.82) is 0 Å². The first kappa shape index (κ1) is 20.0. The number of carbonyl (C=O) groups excluding carboxylic acids is 2. The van der Waals surface area contributed by atoms with Crippen molar-refractivity contribution in [2.24, 2.45) is 0 Å². The summed E-state index contributed by atoms with van der Waals surface area (Å²) < 4.78 is 5.41. The monoisotopic (exact) mass is 359 g/mol. The van der Waals surface area contributed by atoms with Crippen LogP contribution >= 0.6 is 0 Å². The summed E-state index contributed by atoms with van der Waals surface area (Å²) in [5.74, 6) is 0.895. The molecule has 1 aromatic carbocycles. The van der Waals surface area contributed by atoms with Gasteiger partial charge in [-0.25, -0.2) is 0 Å². The van der Waals surface area contributed by atoms with E-state index in [1.165, 1.54) is 0 Å². The lowest BCUT2D eigenvalue weighted by molar-refractivity contribution is -0.128. The molecule has 6 heteroatoms. The molecule has 1 aromatic rings. The fraction of sp³-hybridized carbons (Fsp3) is 0.500. The van der Waals surface area contributed by atoms with Gasteiger partial charge in [0.2, 0.25) is 11.8 Å². The van der Waals surface area contributed by atoms with E-state index in [-0.39, 0.29) is 11.8 Å². The lowest BCUT2D eigenvalue weighted by Crippen LogP contribution is -2.50. The molecule has 1 aliphatic rings. The van der Waals surface area contributed by atoms with E-state index in [0.29, 0.717) is 32.8 Å². The second-order valence-electron chi connectivity index (χ2n) is 6.29. The number of rotatable bonds is 8. The van der Waals surface area contributed by atoms with E-state index < -0.39 is 0 Å². The van der Waals surface area contributed by atoms with Crippen LogP contribution in [0.3, 0.4) is 0 Å². The molecule has 1 aliphatic heterocycles. The maximum absolute atomic E-state index is 12.3. The average Bonchev–Trinajstić information content (AvgIpc) is 2.66. The molecule has 142 valence electrons. The Kier molecular flexibility index (Phi) is 8.15. The van der Waals surface area contributed by atoms with Crippen molar-refractivity contribution in [3.63, 3.8) is 0 Å². The van der Waals surface area contributed by atoms with Crippen LogP contribution in [-0.2, 0) is 9.59 Å². The van der Waals surface area contributed by atoms with Gasteiger partial charge in [0.1, 0.15) is 5.75 Å². The van der Waals surface area contributed by atoms with Crippen LogP contribution in [-0.4, -0.2) is 67.5 Å². The van der Waals surface area contributed by atoms with E-state index in [4.69, 9.17) is 4.74 Å². The van der Waals surface area contributed by atoms with E-state index in [0.717, 1.165) is 30.8 Å². The molecule has 1 fully saturated rings. The molecule has 1 heterocycles. The van der Waals surface area contributed by atoms with E-state index in [2.05, 4.69) is 10.2 Å². The molecular weight excluding hydrogens is 330 g/mol. The minimum atomic E-state index is 0.00830. The minimum Gasteiger partial charge on any atom is -0.494 e. The molecule has 0 radical (unpaired) electrons. The normalized spacial score (nSPS) is 15.2. The predicted octanol–water partition coefficient (Wildman–Crippen LogP) is 1.77. The van der Waals surface area contributed by atoms with Crippen LogP contribution < -0.4 is 10.1 Å². The summed E-state index contributed by atoms with van der Waals surface area (Å²) in [5.41, 5.74) is 0.966. The molecule has 0 atom stereocenters. The second kappa shape index (κ2) is 10.6. The lowest BCUT2D eigenvalue weighted by Gasteiger charge is -2.33. The van der Waals surface area contributed by atoms with Gasteiger partial charge in [-0.05, 0) is 37.1 Å². The van der Waals surface area contributed by atoms with Crippen LogP contribution in [0.1, 0.15) is 25.8 Å². The van der Waals surface area contributed by atoms with Gasteiger partial charge in [0.05, 0.1) is 13.2 Å². The summed E-state index contributed by atoms with van der Waals surface area (Å²) in [6.45, 7) is 8.48. The minimum absolute atomic E-state index is 0.00830. The van der Waals surface area contributed by atoms with Crippen LogP contribution in [0.15, 0.2) is 30.3 Å². The molecule has 0 aliphatic carbocycles. The largest absolute Gasteiger partial charge is 0.494 e. The first-order valence-electron chi connectivity index (χ1n) is 9.31. The second-order valence-corrected chi connectivity index (χ2v) is 6.29. The van der Waals surface area contributed by atoms with Crippen molar-refractivity contribution >= 4 is 17.9 Å². The van der Waals surface area contributed by atoms with Gasteiger partial charge in [-0.3, -0.25) is 14.5 Å². The standard InChI is InChI=1S/C20H29N3O3/c1-3-11-21-19(24)16-22-12-14-23(15-13-22)20(25)10-7-17-5-8-18(9-6-17)26-4-2/h5-10H,3-4,11-16H2,1-2H3,(H,21,24)/b10-7+. The van der Waals surface area contributed by atoms with Gasteiger partial charge < -0.3 is 15.0 Å². The third-order valence-electron chi connectivity index (χ3n) is 4.23. The number of piperazine rings is 1. The van der Waals surface area contributed by atoms with E-state index in [1.807, 2.05) is 49.1 Å². The molecule has 0 bridgehead atoms. The highest BCUT2D eigenvalue weighted by atomic mass is 16.5. The molecule has 6 nitrogen and oxygen atoms in total. The summed E-state index contributed by atoms with van der Waals surface area (Å²) in [7, 11) is 0.